The van der Waals surface area contributed by atoms with Crippen LogP contribution in [0.5, 0.6) is 0 Å². The standard InChI is InChI=1S/C14H15N5S/c1-10-8-13(20-11(10)2)9-15-14-16-17-18-19(14)12-6-4-3-5-7-12/h3-8H,9H2,1-2H3,(H,15,16,18). The summed E-state index contributed by atoms with van der Waals surface area (Å²) >= 11 is 1.80. The summed E-state index contributed by atoms with van der Waals surface area (Å²) in [7, 11) is 0. The van der Waals surface area contributed by atoms with Gasteiger partial charge in [-0.3, -0.25) is 0 Å². The largest absolute Gasteiger partial charge is 0.348 e. The van der Waals surface area contributed by atoms with Crippen LogP contribution in [0, 0.1) is 13.8 Å². The summed E-state index contributed by atoms with van der Waals surface area (Å²) in [6.45, 7) is 4.99. The van der Waals surface area contributed by atoms with Gasteiger partial charge in [-0.1, -0.05) is 23.3 Å². The number of nitrogens with zero attached hydrogens (tertiary/aromatic N) is 4. The van der Waals surface area contributed by atoms with Crippen LogP contribution in [0.3, 0.4) is 0 Å². The molecule has 0 unspecified atom stereocenters. The fourth-order valence-corrected chi connectivity index (χ4v) is 2.94. The number of benzene rings is 1. The maximum atomic E-state index is 4.03. The summed E-state index contributed by atoms with van der Waals surface area (Å²) in [5.41, 5.74) is 2.27. The van der Waals surface area contributed by atoms with Crippen molar-refractivity contribution in [1.29, 1.82) is 0 Å². The van der Waals surface area contributed by atoms with Crippen LogP contribution in [0.1, 0.15) is 15.3 Å². The fraction of sp³-hybridized carbons (Fsp3) is 0.214. The Morgan fingerprint density at radius 3 is 2.70 bits per heavy atom. The van der Waals surface area contributed by atoms with Crippen molar-refractivity contribution in [1.82, 2.24) is 20.2 Å². The number of thiophene rings is 1. The molecule has 1 N–H and O–H groups in total. The number of rotatable bonds is 4. The molecular weight excluding hydrogens is 270 g/mol. The van der Waals surface area contributed by atoms with E-state index in [2.05, 4.69) is 40.8 Å². The minimum absolute atomic E-state index is 0.653. The lowest BCUT2D eigenvalue weighted by molar-refractivity contribution is 0.789. The number of aryl methyl sites for hydroxylation is 2. The molecule has 0 bridgehead atoms. The molecular formula is C14H15N5S. The minimum Gasteiger partial charge on any atom is -0.348 e. The summed E-state index contributed by atoms with van der Waals surface area (Å²) in [5, 5.41) is 15.1. The van der Waals surface area contributed by atoms with E-state index in [1.54, 1.807) is 16.0 Å². The van der Waals surface area contributed by atoms with Crippen LogP contribution >= 0.6 is 11.3 Å². The molecule has 6 heteroatoms. The first-order valence-electron chi connectivity index (χ1n) is 6.37. The molecule has 0 radical (unpaired) electrons. The molecule has 0 amide bonds. The van der Waals surface area contributed by atoms with Gasteiger partial charge in [-0.15, -0.1) is 11.3 Å². The van der Waals surface area contributed by atoms with Gasteiger partial charge in [-0.25, -0.2) is 0 Å². The number of anilines is 1. The number of hydrogen-bond donors (Lipinski definition) is 1. The molecule has 1 aromatic carbocycles. The Morgan fingerprint density at radius 2 is 2.00 bits per heavy atom. The quantitative estimate of drug-likeness (QED) is 0.800. The van der Waals surface area contributed by atoms with E-state index in [9.17, 15) is 0 Å². The van der Waals surface area contributed by atoms with Gasteiger partial charge in [0.25, 0.3) is 0 Å². The Balaban J connectivity index is 1.77. The molecule has 3 rings (SSSR count). The molecule has 20 heavy (non-hydrogen) atoms. The molecule has 0 aliphatic rings. The van der Waals surface area contributed by atoms with E-state index in [-0.39, 0.29) is 0 Å². The summed E-state index contributed by atoms with van der Waals surface area (Å²) in [4.78, 5) is 2.63. The zero-order valence-electron chi connectivity index (χ0n) is 11.4. The van der Waals surface area contributed by atoms with Crippen LogP contribution in [0.4, 0.5) is 5.95 Å². The number of aromatic nitrogens is 4. The fourth-order valence-electron chi connectivity index (χ4n) is 1.94. The molecule has 0 saturated heterocycles. The van der Waals surface area contributed by atoms with E-state index in [1.807, 2.05) is 30.3 Å². The van der Waals surface area contributed by atoms with E-state index in [0.717, 1.165) is 12.2 Å². The van der Waals surface area contributed by atoms with Crippen LogP contribution in [-0.2, 0) is 6.54 Å². The van der Waals surface area contributed by atoms with E-state index < -0.39 is 0 Å². The van der Waals surface area contributed by atoms with Crippen molar-refractivity contribution in [2.45, 2.75) is 20.4 Å². The van der Waals surface area contributed by atoms with Gasteiger partial charge < -0.3 is 5.32 Å². The molecule has 3 aromatic rings. The number of tetrazole rings is 1. The predicted octanol–water partition coefficient (Wildman–Crippen LogP) is 2.95. The first-order valence-corrected chi connectivity index (χ1v) is 7.19. The van der Waals surface area contributed by atoms with E-state index >= 15 is 0 Å². The molecule has 0 fully saturated rings. The van der Waals surface area contributed by atoms with Gasteiger partial charge in [0.05, 0.1) is 12.2 Å². The van der Waals surface area contributed by atoms with E-state index in [0.29, 0.717) is 5.95 Å². The van der Waals surface area contributed by atoms with Crippen LogP contribution in [0.15, 0.2) is 36.4 Å². The molecule has 0 aliphatic carbocycles. The first-order chi connectivity index (χ1) is 9.74. The Hall–Kier alpha value is -2.21. The van der Waals surface area contributed by atoms with Crippen LogP contribution in [0.2, 0.25) is 0 Å². The van der Waals surface area contributed by atoms with Gasteiger partial charge in [0.15, 0.2) is 0 Å². The van der Waals surface area contributed by atoms with Crippen molar-refractivity contribution in [3.8, 4) is 5.69 Å². The molecule has 5 nitrogen and oxygen atoms in total. The zero-order valence-corrected chi connectivity index (χ0v) is 12.2. The van der Waals surface area contributed by atoms with Crippen LogP contribution < -0.4 is 5.32 Å². The monoisotopic (exact) mass is 285 g/mol. The second-order valence-corrected chi connectivity index (χ2v) is 5.90. The van der Waals surface area contributed by atoms with E-state index in [1.165, 1.54) is 15.3 Å². The van der Waals surface area contributed by atoms with Gasteiger partial charge >= 0.3 is 0 Å². The molecule has 0 spiro atoms. The second-order valence-electron chi connectivity index (χ2n) is 4.56. The van der Waals surface area contributed by atoms with Gasteiger partial charge in [0.2, 0.25) is 5.95 Å². The summed E-state index contributed by atoms with van der Waals surface area (Å²) in [6, 6.07) is 12.0. The third kappa shape index (κ3) is 2.55. The Bertz CT molecular complexity index is 682. The molecule has 0 aliphatic heterocycles. The van der Waals surface area contributed by atoms with Crippen molar-refractivity contribution in [2.75, 3.05) is 5.32 Å². The summed E-state index contributed by atoms with van der Waals surface area (Å²) < 4.78 is 1.70. The lowest BCUT2D eigenvalue weighted by Crippen LogP contribution is -2.06. The van der Waals surface area contributed by atoms with Crippen molar-refractivity contribution < 1.29 is 0 Å². The topological polar surface area (TPSA) is 55.6 Å². The van der Waals surface area contributed by atoms with Gasteiger partial charge in [0, 0.05) is 9.75 Å². The number of para-hydroxylation sites is 1. The number of nitrogens with one attached hydrogen (secondary N) is 1. The highest BCUT2D eigenvalue weighted by molar-refractivity contribution is 7.12. The summed E-state index contributed by atoms with van der Waals surface area (Å²) in [5.74, 6) is 0.653. The Labute approximate surface area is 121 Å². The van der Waals surface area contributed by atoms with Crippen molar-refractivity contribution in [2.24, 2.45) is 0 Å². The van der Waals surface area contributed by atoms with Gasteiger partial charge in [0.1, 0.15) is 0 Å². The Morgan fingerprint density at radius 1 is 1.20 bits per heavy atom. The predicted molar refractivity (Wildman–Crippen MR) is 80.3 cm³/mol. The first kappa shape index (κ1) is 12.8. The highest BCUT2D eigenvalue weighted by Crippen LogP contribution is 2.21. The third-order valence-corrected chi connectivity index (χ3v) is 4.26. The normalized spacial score (nSPS) is 10.7. The zero-order chi connectivity index (χ0) is 13.9. The summed E-state index contributed by atoms with van der Waals surface area (Å²) in [6.07, 6.45) is 0. The molecule has 102 valence electrons. The lowest BCUT2D eigenvalue weighted by atomic mass is 10.3. The average Bonchev–Trinajstić information content (AvgIpc) is 3.05. The van der Waals surface area contributed by atoms with Crippen molar-refractivity contribution >= 4 is 17.3 Å². The molecule has 0 saturated carbocycles. The van der Waals surface area contributed by atoms with Crippen molar-refractivity contribution in [3.05, 3.63) is 51.7 Å². The van der Waals surface area contributed by atoms with Gasteiger partial charge in [-0.2, -0.15) is 4.68 Å². The Kier molecular flexibility index (Phi) is 3.47. The third-order valence-electron chi connectivity index (χ3n) is 3.11. The maximum absolute atomic E-state index is 4.03. The average molecular weight is 285 g/mol. The van der Waals surface area contributed by atoms with E-state index in [4.69, 9.17) is 0 Å². The van der Waals surface area contributed by atoms with Crippen LogP contribution in [0.25, 0.3) is 5.69 Å². The molecule has 2 aromatic heterocycles. The van der Waals surface area contributed by atoms with Crippen LogP contribution in [-0.4, -0.2) is 20.2 Å². The van der Waals surface area contributed by atoms with Crippen molar-refractivity contribution in [3.63, 3.8) is 0 Å². The lowest BCUT2D eigenvalue weighted by Gasteiger charge is -2.05. The highest BCUT2D eigenvalue weighted by atomic mass is 32.1. The number of hydrogen-bond acceptors (Lipinski definition) is 5. The smallest absolute Gasteiger partial charge is 0.248 e. The SMILES string of the molecule is Cc1cc(CNc2nnnn2-c2ccccc2)sc1C. The second kappa shape index (κ2) is 5.42. The molecule has 0 atom stereocenters. The minimum atomic E-state index is 0.653. The molecule has 2 heterocycles. The highest BCUT2D eigenvalue weighted by Gasteiger charge is 2.08. The van der Waals surface area contributed by atoms with Gasteiger partial charge in [-0.05, 0) is 48.0 Å². The maximum Gasteiger partial charge on any atom is 0.248 e.